The van der Waals surface area contributed by atoms with Crippen LogP contribution in [0.2, 0.25) is 0 Å². The standard InChI is InChI=1S/C51H58N4O11S/c1-5-18-65-49(59)53-29-35-22-34(33-12-14-36(15-13-33)67-30-32-10-11-32)28-52(35)46(56)37-23-42(61-3)44(25-39(37)53)63-20-8-7-9-21-64-45-26-40-38(24-43(45)62-4)47(57)54-31-51(16-17-51)27-41(54)48(58)55(40)50(60)66-19-6-2/h5-6,12-15,23-26,28,32,35,41,48,58H,1-2,7-11,16-22,27,29-31H2,3-4H3/t35-,41-,48?/m0/s1. The molecule has 4 aliphatic heterocycles. The normalized spacial score (nSPS) is 21.0. The summed E-state index contributed by atoms with van der Waals surface area (Å²) in [5, 5.41) is 11.7. The molecule has 6 aliphatic rings. The minimum absolute atomic E-state index is 0.00966. The van der Waals surface area contributed by atoms with Gasteiger partial charge in [-0.2, -0.15) is 0 Å². The van der Waals surface area contributed by atoms with Crippen molar-refractivity contribution in [2.24, 2.45) is 11.3 Å². The van der Waals surface area contributed by atoms with Crippen molar-refractivity contribution in [2.45, 2.75) is 81.0 Å². The summed E-state index contributed by atoms with van der Waals surface area (Å²) in [5.41, 5.74) is 3.09. The number of carbonyl (C=O) groups excluding carboxylic acids is 4. The molecule has 1 unspecified atom stereocenters. The number of thioether (sulfide) groups is 1. The van der Waals surface area contributed by atoms with Gasteiger partial charge in [0.1, 0.15) is 13.2 Å². The van der Waals surface area contributed by atoms with Crippen LogP contribution in [0.3, 0.4) is 0 Å². The van der Waals surface area contributed by atoms with Crippen LogP contribution in [0.4, 0.5) is 21.0 Å². The first-order valence-electron chi connectivity index (χ1n) is 23.1. The van der Waals surface area contributed by atoms with Gasteiger partial charge in [-0.15, -0.1) is 11.8 Å². The van der Waals surface area contributed by atoms with Crippen molar-refractivity contribution in [3.05, 3.63) is 96.7 Å². The van der Waals surface area contributed by atoms with E-state index in [4.69, 9.17) is 28.4 Å². The Labute approximate surface area is 395 Å². The Morgan fingerprint density at radius 1 is 0.821 bits per heavy atom. The molecule has 0 bridgehead atoms. The number of hydrogen-bond donors (Lipinski definition) is 1. The largest absolute Gasteiger partial charge is 0.493 e. The number of unbranched alkanes of at least 4 members (excludes halogenated alkanes) is 2. The van der Waals surface area contributed by atoms with Crippen molar-refractivity contribution in [1.29, 1.82) is 0 Å². The van der Waals surface area contributed by atoms with E-state index in [9.17, 15) is 24.3 Å². The second-order valence-corrected chi connectivity index (χ2v) is 19.2. The monoisotopic (exact) mass is 934 g/mol. The van der Waals surface area contributed by atoms with Gasteiger partial charge in [-0.25, -0.2) is 14.5 Å². The molecule has 1 spiro atoms. The molecule has 0 aromatic heterocycles. The van der Waals surface area contributed by atoms with Gasteiger partial charge in [-0.3, -0.25) is 14.5 Å². The van der Waals surface area contributed by atoms with Crippen molar-refractivity contribution in [3.63, 3.8) is 0 Å². The average Bonchev–Trinajstić information content (AvgIpc) is 4.26. The number of carbonyl (C=O) groups is 4. The molecular weight excluding hydrogens is 877 g/mol. The fraction of sp³-hybridized carbons (Fsp3) is 0.451. The summed E-state index contributed by atoms with van der Waals surface area (Å²) in [4.78, 5) is 62.8. The Kier molecular flexibility index (Phi) is 13.5. The first kappa shape index (κ1) is 46.0. The van der Waals surface area contributed by atoms with E-state index in [-0.39, 0.29) is 60.9 Å². The van der Waals surface area contributed by atoms with Crippen molar-refractivity contribution in [2.75, 3.05) is 69.3 Å². The van der Waals surface area contributed by atoms with Crippen LogP contribution in [-0.4, -0.2) is 117 Å². The number of nitrogens with zero attached hydrogens (tertiary/aromatic N) is 4. The molecule has 16 heteroatoms. The SMILES string of the molecule is C=CCOC(=O)N1C[C@@H]2CC(c3ccc(SCC4CC4)cc3)=CN2C(=O)c2cc(OC)c(OCCCCCOc3cc4c(cc3OC)C(=O)N3CC5(CC5)C[C@H]3C(O)N4C(=O)OCC=C)cc21. The van der Waals surface area contributed by atoms with Gasteiger partial charge in [0.25, 0.3) is 11.8 Å². The van der Waals surface area contributed by atoms with E-state index < -0.39 is 24.5 Å². The van der Waals surface area contributed by atoms with Gasteiger partial charge in [0.05, 0.1) is 68.6 Å². The molecule has 15 nitrogen and oxygen atoms in total. The molecule has 4 heterocycles. The molecule has 1 saturated heterocycles. The summed E-state index contributed by atoms with van der Waals surface area (Å²) < 4.78 is 34.8. The van der Waals surface area contributed by atoms with Crippen molar-refractivity contribution >= 4 is 52.7 Å². The molecule has 0 radical (unpaired) electrons. The first-order chi connectivity index (χ1) is 32.5. The van der Waals surface area contributed by atoms with E-state index >= 15 is 0 Å². The van der Waals surface area contributed by atoms with E-state index in [1.807, 2.05) is 18.0 Å². The highest BCUT2D eigenvalue weighted by atomic mass is 32.2. The van der Waals surface area contributed by atoms with Gasteiger partial charge in [-0.05, 0) is 105 Å². The highest BCUT2D eigenvalue weighted by Crippen LogP contribution is 2.57. The minimum Gasteiger partial charge on any atom is -0.493 e. The fourth-order valence-corrected chi connectivity index (χ4v) is 10.6. The zero-order chi connectivity index (χ0) is 46.8. The third kappa shape index (κ3) is 9.55. The van der Waals surface area contributed by atoms with E-state index in [0.29, 0.717) is 79.5 Å². The van der Waals surface area contributed by atoms with Crippen molar-refractivity contribution in [1.82, 2.24) is 9.80 Å². The Hall–Kier alpha value is -6.13. The van der Waals surface area contributed by atoms with Gasteiger partial charge in [0.15, 0.2) is 29.2 Å². The molecule has 354 valence electrons. The van der Waals surface area contributed by atoms with Crippen LogP contribution >= 0.6 is 11.8 Å². The Morgan fingerprint density at radius 2 is 1.45 bits per heavy atom. The van der Waals surface area contributed by atoms with Crippen molar-refractivity contribution < 1.29 is 52.7 Å². The van der Waals surface area contributed by atoms with Gasteiger partial charge < -0.3 is 43.3 Å². The van der Waals surface area contributed by atoms with E-state index in [1.54, 1.807) is 34.1 Å². The van der Waals surface area contributed by atoms with Gasteiger partial charge in [0.2, 0.25) is 0 Å². The topological polar surface area (TPSA) is 157 Å². The molecular formula is C51H58N4O11S. The van der Waals surface area contributed by atoms with Crippen LogP contribution in [0.5, 0.6) is 23.0 Å². The summed E-state index contributed by atoms with van der Waals surface area (Å²) >= 11 is 1.88. The van der Waals surface area contributed by atoms with Crippen LogP contribution in [0.25, 0.3) is 5.57 Å². The molecule has 3 aromatic carbocycles. The maximum Gasteiger partial charge on any atom is 0.416 e. The molecule has 2 aliphatic carbocycles. The summed E-state index contributed by atoms with van der Waals surface area (Å²) in [7, 11) is 2.99. The summed E-state index contributed by atoms with van der Waals surface area (Å²) in [6.07, 6.45) is 9.81. The maximum atomic E-state index is 14.3. The smallest absolute Gasteiger partial charge is 0.416 e. The highest BCUT2D eigenvalue weighted by molar-refractivity contribution is 7.99. The second-order valence-electron chi connectivity index (χ2n) is 18.1. The Balaban J connectivity index is 0.856. The molecule has 9 rings (SSSR count). The van der Waals surface area contributed by atoms with Crippen molar-refractivity contribution in [3.8, 4) is 23.0 Å². The number of aliphatic hydroxyl groups is 1. The number of ether oxygens (including phenoxy) is 6. The molecule has 3 fully saturated rings. The number of aliphatic hydroxyl groups excluding tert-OH is 1. The quantitative estimate of drug-likeness (QED) is 0.0737. The molecule has 4 amide bonds. The molecule has 1 N–H and O–H groups in total. The minimum atomic E-state index is -1.33. The number of anilines is 2. The Morgan fingerprint density at radius 3 is 2.06 bits per heavy atom. The highest BCUT2D eigenvalue weighted by Gasteiger charge is 2.58. The zero-order valence-corrected chi connectivity index (χ0v) is 38.9. The molecule has 67 heavy (non-hydrogen) atoms. The number of fused-ring (bicyclic) bond motifs is 4. The lowest BCUT2D eigenvalue weighted by atomic mass is 10.0. The number of hydrogen-bond acceptors (Lipinski definition) is 12. The van der Waals surface area contributed by atoms with E-state index in [2.05, 4.69) is 37.4 Å². The third-order valence-electron chi connectivity index (χ3n) is 13.5. The van der Waals surface area contributed by atoms with Crippen LogP contribution in [0.1, 0.15) is 84.1 Å². The van der Waals surface area contributed by atoms with E-state index in [1.165, 1.54) is 49.0 Å². The summed E-state index contributed by atoms with van der Waals surface area (Å²) in [6, 6.07) is 14.0. The van der Waals surface area contributed by atoms with Crippen LogP contribution in [0.15, 0.2) is 84.9 Å². The third-order valence-corrected chi connectivity index (χ3v) is 14.7. The molecule has 2 saturated carbocycles. The molecule has 3 aromatic rings. The zero-order valence-electron chi connectivity index (χ0n) is 38.1. The lowest BCUT2D eigenvalue weighted by Gasteiger charge is -2.31. The maximum absolute atomic E-state index is 14.3. The van der Waals surface area contributed by atoms with Gasteiger partial charge in [0, 0.05) is 35.5 Å². The summed E-state index contributed by atoms with van der Waals surface area (Å²) in [6.45, 7) is 8.56. The lowest BCUT2D eigenvalue weighted by Crippen LogP contribution is -2.50. The summed E-state index contributed by atoms with van der Waals surface area (Å²) in [5.74, 6) is 2.79. The number of methoxy groups -OCH3 is 2. The van der Waals surface area contributed by atoms with Gasteiger partial charge >= 0.3 is 12.2 Å². The number of amides is 4. The predicted octanol–water partition coefficient (Wildman–Crippen LogP) is 8.69. The number of benzene rings is 3. The second kappa shape index (κ2) is 19.6. The average molecular weight is 935 g/mol. The fourth-order valence-electron chi connectivity index (χ4n) is 9.49. The van der Waals surface area contributed by atoms with Gasteiger partial charge in [-0.1, -0.05) is 37.4 Å². The predicted molar refractivity (Wildman–Crippen MR) is 253 cm³/mol. The van der Waals surface area contributed by atoms with Crippen LogP contribution in [0, 0.1) is 11.3 Å². The van der Waals surface area contributed by atoms with Crippen LogP contribution < -0.4 is 28.7 Å². The Bertz CT molecular complexity index is 2450. The lowest BCUT2D eigenvalue weighted by molar-refractivity contribution is 0.0496. The first-order valence-corrected chi connectivity index (χ1v) is 24.1. The van der Waals surface area contributed by atoms with E-state index in [0.717, 1.165) is 40.5 Å². The van der Waals surface area contributed by atoms with Crippen LogP contribution in [-0.2, 0) is 9.47 Å². The number of rotatable bonds is 18. The molecule has 3 atom stereocenters.